The smallest absolute Gasteiger partial charge is 0.272 e. The van der Waals surface area contributed by atoms with Crippen molar-refractivity contribution in [2.75, 3.05) is 11.4 Å². The van der Waals surface area contributed by atoms with E-state index >= 15 is 0 Å². The van der Waals surface area contributed by atoms with Crippen molar-refractivity contribution in [3.63, 3.8) is 0 Å². The van der Waals surface area contributed by atoms with E-state index in [1.54, 1.807) is 0 Å². The van der Waals surface area contributed by atoms with E-state index in [9.17, 15) is 4.79 Å². The molecule has 2 aliphatic heterocycles. The van der Waals surface area contributed by atoms with Gasteiger partial charge in [-0.2, -0.15) is 0 Å². The molecule has 5 nitrogen and oxygen atoms in total. The first-order valence-electron chi connectivity index (χ1n) is 9.76. The van der Waals surface area contributed by atoms with E-state index in [4.69, 9.17) is 0 Å². The summed E-state index contributed by atoms with van der Waals surface area (Å²) in [7, 11) is 0. The molecular weight excluding hydrogens is 348 g/mol. The van der Waals surface area contributed by atoms with Crippen LogP contribution in [0.25, 0.3) is 0 Å². The fraction of sp³-hybridized carbons (Fsp3) is 0.261. The normalized spacial score (nSPS) is 18.0. The molecule has 1 aromatic heterocycles. The number of benzene rings is 2. The highest BCUT2D eigenvalue weighted by molar-refractivity contribution is 5.93. The molecule has 0 radical (unpaired) electrons. The van der Waals surface area contributed by atoms with Crippen LogP contribution in [0.2, 0.25) is 0 Å². The van der Waals surface area contributed by atoms with Crippen molar-refractivity contribution < 1.29 is 4.79 Å². The molecule has 1 atom stereocenters. The lowest BCUT2D eigenvalue weighted by molar-refractivity contribution is 0.0728. The molecule has 0 spiro atoms. The second-order valence-electron chi connectivity index (χ2n) is 7.56. The molecule has 1 amide bonds. The van der Waals surface area contributed by atoms with Crippen molar-refractivity contribution in [2.45, 2.75) is 32.4 Å². The summed E-state index contributed by atoms with van der Waals surface area (Å²) >= 11 is 0. The Balaban J connectivity index is 1.43. The molecule has 1 unspecified atom stereocenters. The van der Waals surface area contributed by atoms with E-state index in [1.165, 1.54) is 28.7 Å². The lowest BCUT2D eigenvalue weighted by Crippen LogP contribution is -2.36. The maximum atomic E-state index is 13.1. The number of anilines is 2. The minimum absolute atomic E-state index is 0.0294. The predicted molar refractivity (Wildman–Crippen MR) is 109 cm³/mol. The van der Waals surface area contributed by atoms with Gasteiger partial charge in [0, 0.05) is 30.9 Å². The van der Waals surface area contributed by atoms with Gasteiger partial charge in [-0.15, -0.1) is 0 Å². The summed E-state index contributed by atoms with van der Waals surface area (Å²) in [5, 5.41) is 0. The van der Waals surface area contributed by atoms with Crippen LogP contribution in [0.4, 0.5) is 11.5 Å². The summed E-state index contributed by atoms with van der Waals surface area (Å²) in [6.45, 7) is 3.54. The van der Waals surface area contributed by atoms with Crippen molar-refractivity contribution in [3.05, 3.63) is 83.3 Å². The van der Waals surface area contributed by atoms with Gasteiger partial charge in [0.15, 0.2) is 0 Å². The first-order chi connectivity index (χ1) is 13.7. The Morgan fingerprint density at radius 3 is 2.61 bits per heavy atom. The van der Waals surface area contributed by atoms with Crippen LogP contribution in [-0.2, 0) is 19.4 Å². The summed E-state index contributed by atoms with van der Waals surface area (Å²) < 4.78 is 0. The first-order valence-corrected chi connectivity index (χ1v) is 9.76. The van der Waals surface area contributed by atoms with Gasteiger partial charge in [0.1, 0.15) is 17.8 Å². The minimum Gasteiger partial charge on any atom is -0.333 e. The first kappa shape index (κ1) is 16.9. The van der Waals surface area contributed by atoms with Crippen LogP contribution in [0.1, 0.15) is 34.1 Å². The van der Waals surface area contributed by atoms with Crippen LogP contribution in [-0.4, -0.2) is 33.4 Å². The maximum absolute atomic E-state index is 13.1. The number of aromatic nitrogens is 2. The van der Waals surface area contributed by atoms with Gasteiger partial charge >= 0.3 is 0 Å². The number of hydrogen-bond acceptors (Lipinski definition) is 4. The number of amides is 1. The molecule has 0 aliphatic carbocycles. The Kier molecular flexibility index (Phi) is 4.08. The number of rotatable bonds is 2. The third kappa shape index (κ3) is 2.83. The molecule has 2 aliphatic rings. The van der Waals surface area contributed by atoms with E-state index < -0.39 is 0 Å². The highest BCUT2D eigenvalue weighted by Crippen LogP contribution is 2.37. The number of carbonyl (C=O) groups excluding carboxylic acids is 1. The zero-order chi connectivity index (χ0) is 19.1. The number of carbonyl (C=O) groups is 1. The van der Waals surface area contributed by atoms with Crippen LogP contribution in [0.3, 0.4) is 0 Å². The fourth-order valence-electron chi connectivity index (χ4n) is 4.34. The van der Waals surface area contributed by atoms with Crippen LogP contribution in [0.5, 0.6) is 0 Å². The summed E-state index contributed by atoms with van der Waals surface area (Å²) in [5.41, 5.74) is 5.49. The largest absolute Gasteiger partial charge is 0.333 e. The van der Waals surface area contributed by atoms with Crippen molar-refractivity contribution in [2.24, 2.45) is 0 Å². The molecule has 28 heavy (non-hydrogen) atoms. The SMILES string of the molecule is CC1Cc2ccccc2N1c1cc(C(=O)N2CCc3ccccc3C2)ncn1. The Labute approximate surface area is 164 Å². The van der Waals surface area contributed by atoms with Gasteiger partial charge in [0.05, 0.1) is 0 Å². The van der Waals surface area contributed by atoms with Gasteiger partial charge in [0.2, 0.25) is 0 Å². The number of hydrogen-bond donors (Lipinski definition) is 0. The highest BCUT2D eigenvalue weighted by atomic mass is 16.2. The zero-order valence-corrected chi connectivity index (χ0v) is 15.9. The lowest BCUT2D eigenvalue weighted by Gasteiger charge is -2.29. The number of fused-ring (bicyclic) bond motifs is 2. The Hall–Kier alpha value is -3.21. The summed E-state index contributed by atoms with van der Waals surface area (Å²) in [4.78, 5) is 26.0. The molecule has 2 aromatic carbocycles. The van der Waals surface area contributed by atoms with E-state index in [-0.39, 0.29) is 5.91 Å². The Morgan fingerprint density at radius 2 is 1.75 bits per heavy atom. The fourth-order valence-corrected chi connectivity index (χ4v) is 4.34. The maximum Gasteiger partial charge on any atom is 0.272 e. The van der Waals surface area contributed by atoms with Crippen molar-refractivity contribution in [1.29, 1.82) is 0 Å². The van der Waals surface area contributed by atoms with Crippen molar-refractivity contribution in [1.82, 2.24) is 14.9 Å². The summed E-state index contributed by atoms with van der Waals surface area (Å²) in [6.07, 6.45) is 3.37. The van der Waals surface area contributed by atoms with Gasteiger partial charge in [-0.25, -0.2) is 9.97 Å². The zero-order valence-electron chi connectivity index (χ0n) is 15.9. The molecule has 140 valence electrons. The summed E-state index contributed by atoms with van der Waals surface area (Å²) in [5.74, 6) is 0.756. The van der Waals surface area contributed by atoms with E-state index in [1.807, 2.05) is 23.1 Å². The van der Waals surface area contributed by atoms with Gasteiger partial charge in [-0.3, -0.25) is 4.79 Å². The molecule has 3 heterocycles. The molecule has 3 aromatic rings. The van der Waals surface area contributed by atoms with E-state index in [0.29, 0.717) is 18.3 Å². The van der Waals surface area contributed by atoms with Gasteiger partial charge in [-0.1, -0.05) is 42.5 Å². The minimum atomic E-state index is -0.0294. The quantitative estimate of drug-likeness (QED) is 0.689. The van der Waals surface area contributed by atoms with Crippen molar-refractivity contribution in [3.8, 4) is 0 Å². The van der Waals surface area contributed by atoms with Crippen LogP contribution < -0.4 is 4.90 Å². The van der Waals surface area contributed by atoms with Crippen LogP contribution in [0, 0.1) is 0 Å². The molecule has 0 fully saturated rings. The average molecular weight is 370 g/mol. The third-order valence-electron chi connectivity index (χ3n) is 5.74. The molecule has 5 rings (SSSR count). The average Bonchev–Trinajstić information content (AvgIpc) is 3.08. The third-order valence-corrected chi connectivity index (χ3v) is 5.74. The van der Waals surface area contributed by atoms with Crippen LogP contribution >= 0.6 is 0 Å². The lowest BCUT2D eigenvalue weighted by atomic mass is 10.00. The Morgan fingerprint density at radius 1 is 1.00 bits per heavy atom. The summed E-state index contributed by atoms with van der Waals surface area (Å²) in [6, 6.07) is 18.9. The highest BCUT2D eigenvalue weighted by Gasteiger charge is 2.29. The molecule has 5 heteroatoms. The molecule has 0 bridgehead atoms. The van der Waals surface area contributed by atoms with E-state index in [2.05, 4.69) is 58.2 Å². The van der Waals surface area contributed by atoms with Gasteiger partial charge in [0.25, 0.3) is 5.91 Å². The van der Waals surface area contributed by atoms with Gasteiger partial charge in [-0.05, 0) is 42.5 Å². The molecular formula is C23H22N4O. The van der Waals surface area contributed by atoms with Crippen molar-refractivity contribution >= 4 is 17.4 Å². The molecule has 0 N–H and O–H groups in total. The topological polar surface area (TPSA) is 49.3 Å². The van der Waals surface area contributed by atoms with E-state index in [0.717, 1.165) is 25.2 Å². The number of para-hydroxylation sites is 1. The molecule has 0 saturated heterocycles. The Bertz CT molecular complexity index is 1050. The number of nitrogens with zero attached hydrogens (tertiary/aromatic N) is 4. The second kappa shape index (κ2) is 6.75. The van der Waals surface area contributed by atoms with Crippen LogP contribution in [0.15, 0.2) is 60.9 Å². The van der Waals surface area contributed by atoms with Gasteiger partial charge < -0.3 is 9.80 Å². The monoisotopic (exact) mass is 370 g/mol. The second-order valence-corrected chi connectivity index (χ2v) is 7.56. The molecule has 0 saturated carbocycles. The standard InChI is InChI=1S/C23H22N4O/c1-16-12-18-7-4-5-9-21(18)27(16)22-13-20(24-15-25-22)23(28)26-11-10-17-6-2-3-8-19(17)14-26/h2-9,13,15-16H,10-12,14H2,1H3. The predicted octanol–water partition coefficient (Wildman–Crippen LogP) is 3.76.